The van der Waals surface area contributed by atoms with E-state index in [0.717, 1.165) is 53.7 Å². The number of pyridine rings is 1. The first-order valence-electron chi connectivity index (χ1n) is 12.5. The molecule has 3 aromatic heterocycles. The molecule has 0 spiro atoms. The van der Waals surface area contributed by atoms with E-state index < -0.39 is 0 Å². The van der Waals surface area contributed by atoms with Gasteiger partial charge < -0.3 is 10.6 Å². The predicted octanol–water partition coefficient (Wildman–Crippen LogP) is 4.62. The number of hydrogen-bond acceptors (Lipinski definition) is 5. The molecule has 1 aliphatic rings. The van der Waals surface area contributed by atoms with Crippen molar-refractivity contribution >= 4 is 11.6 Å². The van der Waals surface area contributed by atoms with Crippen LogP contribution in [0.1, 0.15) is 94.8 Å². The lowest BCUT2D eigenvalue weighted by Gasteiger charge is -2.36. The van der Waals surface area contributed by atoms with Crippen LogP contribution in [-0.2, 0) is 0 Å². The molecule has 184 valence electrons. The maximum absolute atomic E-state index is 13.3. The van der Waals surface area contributed by atoms with E-state index in [-0.39, 0.29) is 23.3 Å². The number of H-pyrrole nitrogens is 1. The van der Waals surface area contributed by atoms with Crippen molar-refractivity contribution in [3.05, 3.63) is 35.4 Å². The Morgan fingerprint density at radius 3 is 2.47 bits per heavy atom. The lowest BCUT2D eigenvalue weighted by atomic mass is 9.85. The van der Waals surface area contributed by atoms with Crippen LogP contribution in [0, 0.1) is 12.3 Å². The van der Waals surface area contributed by atoms with E-state index in [4.69, 9.17) is 0 Å². The fourth-order valence-electron chi connectivity index (χ4n) is 4.80. The first-order chi connectivity index (χ1) is 16.0. The van der Waals surface area contributed by atoms with Crippen LogP contribution < -0.4 is 10.6 Å². The Kier molecular flexibility index (Phi) is 6.80. The van der Waals surface area contributed by atoms with Crippen LogP contribution >= 0.6 is 0 Å². The number of amides is 1. The minimum Gasteiger partial charge on any atom is -0.348 e. The summed E-state index contributed by atoms with van der Waals surface area (Å²) in [7, 11) is 0. The highest BCUT2D eigenvalue weighted by atomic mass is 16.2. The number of nitrogens with one attached hydrogen (secondary N) is 3. The van der Waals surface area contributed by atoms with Crippen LogP contribution in [0.3, 0.4) is 0 Å². The number of aromatic nitrogens is 5. The van der Waals surface area contributed by atoms with Gasteiger partial charge in [0.2, 0.25) is 0 Å². The molecule has 0 saturated heterocycles. The molecule has 8 heteroatoms. The van der Waals surface area contributed by atoms with Gasteiger partial charge in [-0.2, -0.15) is 10.2 Å². The van der Waals surface area contributed by atoms with Gasteiger partial charge in [-0.1, -0.05) is 34.6 Å². The number of aryl methyl sites for hydroxylation is 1. The van der Waals surface area contributed by atoms with Crippen LogP contribution in [0.25, 0.3) is 16.9 Å². The standard InChI is InChI=1S/C26H39N7O/c1-15(2)21-22(18-12-16(3)24-27-14-28-33(24)13-18)31-32-23(21)25(34)30-20-10-8-19(9-11-20)29-17(4)26(5,6)7/h12-15,17,19-20,29H,8-11H2,1-7H3,(H,30,34)(H,31,32)/t17?,19-,20+. The number of nitrogens with zero attached hydrogens (tertiary/aromatic N) is 4. The molecular formula is C26H39N7O. The van der Waals surface area contributed by atoms with Crippen LogP contribution in [0.4, 0.5) is 0 Å². The number of rotatable bonds is 6. The van der Waals surface area contributed by atoms with Crippen molar-refractivity contribution in [2.45, 2.75) is 98.2 Å². The molecular weight excluding hydrogens is 426 g/mol. The summed E-state index contributed by atoms with van der Waals surface area (Å²) in [5, 5.41) is 18.9. The van der Waals surface area contributed by atoms with E-state index in [0.29, 0.717) is 17.8 Å². The van der Waals surface area contributed by atoms with Gasteiger partial charge in [0.1, 0.15) is 6.33 Å². The Morgan fingerprint density at radius 1 is 1.15 bits per heavy atom. The molecule has 4 rings (SSSR count). The molecule has 0 bridgehead atoms. The number of carbonyl (C=O) groups is 1. The SMILES string of the molecule is Cc1cc(-c2[nH]nc(C(=O)N[C@H]3CC[C@@H](NC(C)C(C)(C)C)CC3)c2C(C)C)cn2ncnc12. The summed E-state index contributed by atoms with van der Waals surface area (Å²) < 4.78 is 1.77. The zero-order valence-electron chi connectivity index (χ0n) is 21.6. The Labute approximate surface area is 202 Å². The monoisotopic (exact) mass is 465 g/mol. The second-order valence-electron chi connectivity index (χ2n) is 11.2. The molecule has 1 aliphatic carbocycles. The van der Waals surface area contributed by atoms with Gasteiger partial charge in [-0.15, -0.1) is 0 Å². The summed E-state index contributed by atoms with van der Waals surface area (Å²) in [6.45, 7) is 15.3. The molecule has 0 aromatic carbocycles. The molecule has 0 radical (unpaired) electrons. The number of fused-ring (bicyclic) bond motifs is 1. The highest BCUT2D eigenvalue weighted by Gasteiger charge is 2.29. The summed E-state index contributed by atoms with van der Waals surface area (Å²) in [4.78, 5) is 17.6. The lowest BCUT2D eigenvalue weighted by Crippen LogP contribution is -2.48. The molecule has 1 saturated carbocycles. The maximum Gasteiger partial charge on any atom is 0.272 e. The van der Waals surface area contributed by atoms with E-state index in [9.17, 15) is 4.79 Å². The van der Waals surface area contributed by atoms with Crippen LogP contribution in [-0.4, -0.2) is 48.8 Å². The number of carbonyl (C=O) groups excluding carboxylic acids is 1. The number of hydrogen-bond donors (Lipinski definition) is 3. The minimum atomic E-state index is -0.0933. The highest BCUT2D eigenvalue weighted by molar-refractivity contribution is 5.96. The van der Waals surface area contributed by atoms with Crippen LogP contribution in [0.5, 0.6) is 0 Å². The maximum atomic E-state index is 13.3. The molecule has 8 nitrogen and oxygen atoms in total. The lowest BCUT2D eigenvalue weighted by molar-refractivity contribution is 0.0916. The Hall–Kier alpha value is -2.74. The molecule has 3 N–H and O–H groups in total. The van der Waals surface area contributed by atoms with Crippen molar-refractivity contribution in [3.8, 4) is 11.3 Å². The summed E-state index contributed by atoms with van der Waals surface area (Å²) in [6.07, 6.45) is 7.60. The van der Waals surface area contributed by atoms with Gasteiger partial charge >= 0.3 is 0 Å². The zero-order valence-corrected chi connectivity index (χ0v) is 21.6. The predicted molar refractivity (Wildman–Crippen MR) is 135 cm³/mol. The van der Waals surface area contributed by atoms with E-state index in [1.54, 1.807) is 10.8 Å². The van der Waals surface area contributed by atoms with Gasteiger partial charge in [0.25, 0.3) is 5.91 Å². The summed E-state index contributed by atoms with van der Waals surface area (Å²) >= 11 is 0. The van der Waals surface area contributed by atoms with Gasteiger partial charge in [0, 0.05) is 35.4 Å². The Morgan fingerprint density at radius 2 is 1.82 bits per heavy atom. The smallest absolute Gasteiger partial charge is 0.272 e. The van der Waals surface area contributed by atoms with E-state index >= 15 is 0 Å². The van der Waals surface area contributed by atoms with Gasteiger partial charge in [0.15, 0.2) is 11.3 Å². The summed E-state index contributed by atoms with van der Waals surface area (Å²) in [5.41, 5.74) is 5.34. The van der Waals surface area contributed by atoms with Gasteiger partial charge in [-0.25, -0.2) is 9.50 Å². The molecule has 34 heavy (non-hydrogen) atoms. The molecule has 1 fully saturated rings. The first kappa shape index (κ1) is 24.4. The van der Waals surface area contributed by atoms with Gasteiger partial charge in [-0.3, -0.25) is 9.89 Å². The van der Waals surface area contributed by atoms with Crippen molar-refractivity contribution in [1.82, 2.24) is 35.4 Å². The zero-order chi connectivity index (χ0) is 24.6. The minimum absolute atomic E-state index is 0.0933. The third kappa shape index (κ3) is 5.02. The quantitative estimate of drug-likeness (QED) is 0.493. The molecule has 3 aromatic rings. The fraction of sp³-hybridized carbons (Fsp3) is 0.615. The molecule has 1 atom stereocenters. The summed E-state index contributed by atoms with van der Waals surface area (Å²) in [5.74, 6) is 0.0456. The van der Waals surface area contributed by atoms with Gasteiger partial charge in [0.05, 0.1) is 5.69 Å². The second kappa shape index (κ2) is 9.49. The van der Waals surface area contributed by atoms with Crippen LogP contribution in [0.15, 0.2) is 18.6 Å². The van der Waals surface area contributed by atoms with Crippen molar-refractivity contribution in [1.29, 1.82) is 0 Å². The van der Waals surface area contributed by atoms with Crippen molar-refractivity contribution in [2.24, 2.45) is 5.41 Å². The van der Waals surface area contributed by atoms with Crippen LogP contribution in [0.2, 0.25) is 0 Å². The average molecular weight is 466 g/mol. The number of aromatic amines is 1. The van der Waals surface area contributed by atoms with Gasteiger partial charge in [-0.05, 0) is 62.5 Å². The summed E-state index contributed by atoms with van der Waals surface area (Å²) in [6, 6.07) is 3.22. The average Bonchev–Trinajstić information content (AvgIpc) is 3.41. The molecule has 1 amide bonds. The van der Waals surface area contributed by atoms with E-state index in [1.165, 1.54) is 0 Å². The van der Waals surface area contributed by atoms with Crippen molar-refractivity contribution in [3.63, 3.8) is 0 Å². The Balaban J connectivity index is 1.46. The van der Waals surface area contributed by atoms with E-state index in [2.05, 4.69) is 78.5 Å². The third-order valence-corrected chi connectivity index (χ3v) is 7.29. The largest absolute Gasteiger partial charge is 0.348 e. The highest BCUT2D eigenvalue weighted by Crippen LogP contribution is 2.31. The Bertz CT molecular complexity index is 1150. The van der Waals surface area contributed by atoms with Crippen molar-refractivity contribution in [2.75, 3.05) is 0 Å². The third-order valence-electron chi connectivity index (χ3n) is 7.29. The topological polar surface area (TPSA) is 100 Å². The first-order valence-corrected chi connectivity index (χ1v) is 12.5. The molecule has 3 heterocycles. The second-order valence-corrected chi connectivity index (χ2v) is 11.2. The van der Waals surface area contributed by atoms with Crippen molar-refractivity contribution < 1.29 is 4.79 Å². The van der Waals surface area contributed by atoms with E-state index in [1.807, 2.05) is 13.1 Å². The fourth-order valence-corrected chi connectivity index (χ4v) is 4.80. The molecule has 0 aliphatic heterocycles. The molecule has 1 unspecified atom stereocenters. The normalized spacial score (nSPS) is 20.1.